The van der Waals surface area contributed by atoms with E-state index in [0.717, 1.165) is 12.8 Å². The van der Waals surface area contributed by atoms with Crippen molar-refractivity contribution in [2.75, 3.05) is 0 Å². The Hall–Kier alpha value is -0.683. The molecule has 0 radical (unpaired) electrons. The van der Waals surface area contributed by atoms with Gasteiger partial charge in [0.05, 0.1) is 6.11 Å². The Morgan fingerprint density at radius 3 is 2.00 bits per heavy atom. The van der Waals surface area contributed by atoms with E-state index in [-0.39, 0.29) is 10.8 Å². The smallest absolute Gasteiger partial charge is 0.244 e. The third-order valence-electron chi connectivity index (χ3n) is 3.88. The molecule has 0 fully saturated rings. The van der Waals surface area contributed by atoms with Crippen LogP contribution in [0.1, 0.15) is 54.4 Å². The average Bonchev–Trinajstić information content (AvgIpc) is 2.24. The Kier molecular flexibility index (Phi) is 7.66. The van der Waals surface area contributed by atoms with E-state index in [1.165, 1.54) is 0 Å². The predicted molar refractivity (Wildman–Crippen MR) is 93.1 cm³/mol. The average molecular weight is 295 g/mol. The first kappa shape index (κ1) is 19.3. The topological polar surface area (TPSA) is 9.23 Å². The lowest BCUT2D eigenvalue weighted by Gasteiger charge is -2.36. The summed E-state index contributed by atoms with van der Waals surface area (Å²) in [5.41, 5.74) is 0.524. The highest BCUT2D eigenvalue weighted by Crippen LogP contribution is 2.39. The van der Waals surface area contributed by atoms with E-state index in [1.54, 1.807) is 0 Å². The Labute approximate surface area is 128 Å². The minimum Gasteiger partial charge on any atom is -0.505 e. The Morgan fingerprint density at radius 1 is 1.10 bits per heavy atom. The molecule has 0 unspecified atom stereocenters. The molecule has 0 spiro atoms. The van der Waals surface area contributed by atoms with Gasteiger partial charge in [0.25, 0.3) is 0 Å². The van der Waals surface area contributed by atoms with Crippen LogP contribution in [0.5, 0.6) is 0 Å². The zero-order valence-corrected chi connectivity index (χ0v) is 16.0. The first-order chi connectivity index (χ1) is 8.98. The van der Waals surface area contributed by atoms with Crippen molar-refractivity contribution in [2.45, 2.75) is 67.5 Å². The van der Waals surface area contributed by atoms with Gasteiger partial charge >= 0.3 is 0 Å². The van der Waals surface area contributed by atoms with Crippen molar-refractivity contribution >= 4 is 9.04 Å². The Morgan fingerprint density at radius 2 is 1.65 bits per heavy atom. The lowest BCUT2D eigenvalue weighted by molar-refractivity contribution is 0.163. The molecule has 0 saturated heterocycles. The van der Waals surface area contributed by atoms with Crippen LogP contribution in [0.2, 0.25) is 13.1 Å². The molecule has 0 amide bonds. The largest absolute Gasteiger partial charge is 0.505 e. The molecule has 0 aliphatic carbocycles. The molecule has 0 aromatic heterocycles. The molecule has 0 saturated carbocycles. The third-order valence-corrected chi connectivity index (χ3v) is 4.46. The molecule has 0 N–H and O–H groups in total. The van der Waals surface area contributed by atoms with Gasteiger partial charge in [-0.2, -0.15) is 0 Å². The molecule has 0 heterocycles. The maximum atomic E-state index is 5.46. The summed E-state index contributed by atoms with van der Waals surface area (Å²) in [7, 11) is -1.03. The maximum absolute atomic E-state index is 5.46. The van der Waals surface area contributed by atoms with Gasteiger partial charge in [-0.1, -0.05) is 53.5 Å². The summed E-state index contributed by atoms with van der Waals surface area (Å²) in [6, 6.07) is 0. The van der Waals surface area contributed by atoms with Crippen LogP contribution in [0.4, 0.5) is 0 Å². The summed E-state index contributed by atoms with van der Waals surface area (Å²) in [5, 5.41) is 0. The van der Waals surface area contributed by atoms with Crippen LogP contribution in [0.15, 0.2) is 12.7 Å². The number of hydrogen-bond donors (Lipinski definition) is 0. The lowest BCUT2D eigenvalue weighted by atomic mass is 9.68. The van der Waals surface area contributed by atoms with Crippen LogP contribution >= 0.6 is 0 Å². The highest BCUT2D eigenvalue weighted by molar-refractivity contribution is 6.48. The van der Waals surface area contributed by atoms with Crippen molar-refractivity contribution in [2.24, 2.45) is 22.7 Å². The van der Waals surface area contributed by atoms with Gasteiger partial charge in [-0.25, -0.2) is 0 Å². The maximum Gasteiger partial charge on any atom is 0.244 e. The second kappa shape index (κ2) is 7.93. The van der Waals surface area contributed by atoms with Crippen molar-refractivity contribution in [1.82, 2.24) is 0 Å². The normalized spacial score (nSPS) is 15.2. The molecule has 0 aromatic carbocycles. The van der Waals surface area contributed by atoms with Crippen molar-refractivity contribution in [3.8, 4) is 12.0 Å². The van der Waals surface area contributed by atoms with Crippen molar-refractivity contribution in [3.63, 3.8) is 0 Å². The van der Waals surface area contributed by atoms with Gasteiger partial charge in [-0.3, -0.25) is 0 Å². The summed E-state index contributed by atoms with van der Waals surface area (Å²) >= 11 is 0. The van der Waals surface area contributed by atoms with Crippen molar-refractivity contribution in [1.29, 1.82) is 0 Å². The minimum absolute atomic E-state index is 0.260. The highest BCUT2D eigenvalue weighted by atomic mass is 28.3. The number of hydrogen-bond acceptors (Lipinski definition) is 1. The first-order valence-electron chi connectivity index (χ1n) is 7.74. The van der Waals surface area contributed by atoms with Gasteiger partial charge < -0.3 is 4.43 Å². The van der Waals surface area contributed by atoms with Crippen molar-refractivity contribution < 1.29 is 4.43 Å². The van der Waals surface area contributed by atoms with E-state index >= 15 is 0 Å². The van der Waals surface area contributed by atoms with Gasteiger partial charge in [-0.05, 0) is 42.2 Å². The summed E-state index contributed by atoms with van der Waals surface area (Å²) in [6.45, 7) is 22.1. The molecule has 0 aromatic rings. The summed E-state index contributed by atoms with van der Waals surface area (Å²) in [5.74, 6) is 4.32. The van der Waals surface area contributed by atoms with E-state index in [2.05, 4.69) is 79.3 Å². The van der Waals surface area contributed by atoms with Crippen LogP contribution in [-0.4, -0.2) is 9.04 Å². The van der Waals surface area contributed by atoms with E-state index in [0.29, 0.717) is 11.8 Å². The molecule has 20 heavy (non-hydrogen) atoms. The number of allylic oxidation sites excluding steroid dienone is 1. The van der Waals surface area contributed by atoms with Crippen molar-refractivity contribution in [3.05, 3.63) is 12.7 Å². The molecule has 2 heteroatoms. The fourth-order valence-corrected chi connectivity index (χ4v) is 2.50. The SMILES string of the molecule is C=C[C@H](C[C@H](CC#CO[SiH](C)C)C(C)(C)C)C(C)(C)C. The molecule has 0 bridgehead atoms. The molecular formula is C18H34OSi. The van der Waals surface area contributed by atoms with Crippen LogP contribution in [0, 0.1) is 34.7 Å². The standard InChI is InChI=1S/C18H34OSi/c1-10-15(17(2,3)4)14-16(18(5,6)7)12-11-13-19-20(8)9/h10,15-16,20H,1,12,14H2,2-9H3/t15-,16+/m1/s1. The minimum atomic E-state index is -1.03. The molecular weight excluding hydrogens is 260 g/mol. The molecule has 0 aliphatic rings. The Bertz CT molecular complexity index is 346. The zero-order chi connectivity index (χ0) is 16.0. The van der Waals surface area contributed by atoms with Crippen LogP contribution in [0.25, 0.3) is 0 Å². The number of rotatable bonds is 5. The van der Waals surface area contributed by atoms with Crippen LogP contribution in [0.3, 0.4) is 0 Å². The van der Waals surface area contributed by atoms with Gasteiger partial charge in [0.15, 0.2) is 0 Å². The summed E-state index contributed by atoms with van der Waals surface area (Å²) < 4.78 is 5.46. The van der Waals surface area contributed by atoms with Gasteiger partial charge in [-0.15, -0.1) is 6.58 Å². The van der Waals surface area contributed by atoms with E-state index in [1.807, 2.05) is 0 Å². The first-order valence-corrected chi connectivity index (χ1v) is 10.5. The second-order valence-electron chi connectivity index (χ2n) is 8.16. The predicted octanol–water partition coefficient (Wildman–Crippen LogP) is 5.24. The van der Waals surface area contributed by atoms with Crippen LogP contribution < -0.4 is 0 Å². The fraction of sp³-hybridized carbons (Fsp3) is 0.778. The molecule has 0 rings (SSSR count). The highest BCUT2D eigenvalue weighted by Gasteiger charge is 2.30. The third kappa shape index (κ3) is 7.80. The Balaban J connectivity index is 4.81. The van der Waals surface area contributed by atoms with Gasteiger partial charge in [0, 0.05) is 6.42 Å². The molecule has 0 aliphatic heterocycles. The van der Waals surface area contributed by atoms with E-state index in [9.17, 15) is 0 Å². The zero-order valence-electron chi connectivity index (χ0n) is 14.8. The summed E-state index contributed by atoms with van der Waals surface area (Å²) in [4.78, 5) is 0. The molecule has 1 nitrogen and oxygen atoms in total. The fourth-order valence-electron chi connectivity index (χ4n) is 2.18. The van der Waals surface area contributed by atoms with E-state index < -0.39 is 9.04 Å². The van der Waals surface area contributed by atoms with Crippen LogP contribution in [-0.2, 0) is 4.43 Å². The summed E-state index contributed by atoms with van der Waals surface area (Å²) in [6.07, 6.45) is 7.07. The molecule has 2 atom stereocenters. The quantitative estimate of drug-likeness (QED) is 0.383. The monoisotopic (exact) mass is 294 g/mol. The second-order valence-corrected chi connectivity index (χ2v) is 10.5. The molecule has 116 valence electrons. The lowest BCUT2D eigenvalue weighted by Crippen LogP contribution is -2.27. The van der Waals surface area contributed by atoms with E-state index in [4.69, 9.17) is 4.43 Å². The van der Waals surface area contributed by atoms with Gasteiger partial charge in [0.1, 0.15) is 0 Å². The van der Waals surface area contributed by atoms with Gasteiger partial charge in [0.2, 0.25) is 9.04 Å².